The number of nitrogens with one attached hydrogen (secondary N) is 1. The first kappa shape index (κ1) is 16.7. The number of carbonyl (C=O) groups excluding carboxylic acids is 1. The highest BCUT2D eigenvalue weighted by atomic mass is 79.9. The summed E-state index contributed by atoms with van der Waals surface area (Å²) in [6.45, 7) is 0.484. The van der Waals surface area contributed by atoms with Gasteiger partial charge in [0.15, 0.2) is 5.43 Å². The van der Waals surface area contributed by atoms with E-state index in [1.54, 1.807) is 22.9 Å². The molecule has 0 fully saturated rings. The van der Waals surface area contributed by atoms with Crippen molar-refractivity contribution in [1.29, 1.82) is 0 Å². The van der Waals surface area contributed by atoms with E-state index >= 15 is 0 Å². The lowest BCUT2D eigenvalue weighted by atomic mass is 10.2. The van der Waals surface area contributed by atoms with Crippen molar-refractivity contribution in [2.75, 3.05) is 0 Å². The minimum absolute atomic E-state index is 0.0646. The Labute approximate surface area is 152 Å². The van der Waals surface area contributed by atoms with Crippen LogP contribution in [0.15, 0.2) is 64.0 Å². The topological polar surface area (TPSA) is 51.1 Å². The van der Waals surface area contributed by atoms with Crippen molar-refractivity contribution < 1.29 is 4.79 Å². The summed E-state index contributed by atoms with van der Waals surface area (Å²) in [5, 5.41) is 4.05. The van der Waals surface area contributed by atoms with Gasteiger partial charge in [0.1, 0.15) is 6.54 Å². The maximum absolute atomic E-state index is 12.2. The molecule has 0 aliphatic rings. The fourth-order valence-corrected chi connectivity index (χ4v) is 3.01. The number of hydrogen-bond donors (Lipinski definition) is 1. The number of hydrogen-bond acceptors (Lipinski definition) is 2. The van der Waals surface area contributed by atoms with Gasteiger partial charge in [0.25, 0.3) is 0 Å². The molecule has 1 aromatic heterocycles. The molecule has 0 aliphatic carbocycles. The minimum atomic E-state index is -0.153. The Morgan fingerprint density at radius 1 is 1.17 bits per heavy atom. The van der Waals surface area contributed by atoms with Crippen molar-refractivity contribution in [3.8, 4) is 0 Å². The number of amides is 1. The van der Waals surface area contributed by atoms with Crippen LogP contribution in [0.3, 0.4) is 0 Å². The molecule has 0 saturated heterocycles. The van der Waals surface area contributed by atoms with Crippen LogP contribution >= 0.6 is 27.5 Å². The van der Waals surface area contributed by atoms with E-state index in [2.05, 4.69) is 21.2 Å². The van der Waals surface area contributed by atoms with E-state index in [9.17, 15) is 9.59 Å². The van der Waals surface area contributed by atoms with Crippen LogP contribution in [0.5, 0.6) is 0 Å². The van der Waals surface area contributed by atoms with Crippen molar-refractivity contribution >= 4 is 44.3 Å². The van der Waals surface area contributed by atoms with Crippen molar-refractivity contribution in [2.45, 2.75) is 13.1 Å². The average molecular weight is 406 g/mol. The van der Waals surface area contributed by atoms with Crippen molar-refractivity contribution in [3.05, 3.63) is 80.0 Å². The highest BCUT2D eigenvalue weighted by Crippen LogP contribution is 2.17. The monoisotopic (exact) mass is 404 g/mol. The molecular formula is C18H14BrClN2O2. The highest BCUT2D eigenvalue weighted by Gasteiger charge is 2.08. The average Bonchev–Trinajstić information content (AvgIpc) is 2.57. The fourth-order valence-electron chi connectivity index (χ4n) is 2.46. The van der Waals surface area contributed by atoms with Crippen LogP contribution in [0, 0.1) is 0 Å². The Morgan fingerprint density at radius 3 is 2.75 bits per heavy atom. The SMILES string of the molecule is O=C(Cn1ccc(=O)c2ccc(Br)cc21)NCc1ccccc1Cl. The molecule has 6 heteroatoms. The lowest BCUT2D eigenvalue weighted by Gasteiger charge is -2.12. The van der Waals surface area contributed by atoms with Crippen LogP contribution in [0.1, 0.15) is 5.56 Å². The normalized spacial score (nSPS) is 10.8. The number of benzene rings is 2. The van der Waals surface area contributed by atoms with Gasteiger partial charge in [-0.1, -0.05) is 45.7 Å². The molecule has 0 aliphatic heterocycles. The number of aromatic nitrogens is 1. The Bertz CT molecular complexity index is 969. The predicted octanol–water partition coefficient (Wildman–Crippen LogP) is 3.73. The molecule has 0 saturated carbocycles. The molecule has 3 rings (SSSR count). The Balaban J connectivity index is 1.79. The molecule has 2 aromatic carbocycles. The maximum Gasteiger partial charge on any atom is 0.240 e. The highest BCUT2D eigenvalue weighted by molar-refractivity contribution is 9.10. The van der Waals surface area contributed by atoms with Gasteiger partial charge in [-0.2, -0.15) is 0 Å². The Hall–Kier alpha value is -2.11. The van der Waals surface area contributed by atoms with Gasteiger partial charge in [0, 0.05) is 33.7 Å². The van der Waals surface area contributed by atoms with Crippen molar-refractivity contribution in [3.63, 3.8) is 0 Å². The van der Waals surface area contributed by atoms with Gasteiger partial charge >= 0.3 is 0 Å². The van der Waals surface area contributed by atoms with E-state index in [0.29, 0.717) is 22.5 Å². The lowest BCUT2D eigenvalue weighted by molar-refractivity contribution is -0.121. The molecule has 3 aromatic rings. The van der Waals surface area contributed by atoms with Gasteiger partial charge in [-0.15, -0.1) is 0 Å². The Kier molecular flexibility index (Phi) is 5.02. The molecule has 1 N–H and O–H groups in total. The third-order valence-electron chi connectivity index (χ3n) is 3.69. The smallest absolute Gasteiger partial charge is 0.240 e. The van der Waals surface area contributed by atoms with E-state index in [4.69, 9.17) is 11.6 Å². The third-order valence-corrected chi connectivity index (χ3v) is 4.55. The van der Waals surface area contributed by atoms with Gasteiger partial charge in [0.05, 0.1) is 5.52 Å². The second-order valence-corrected chi connectivity index (χ2v) is 6.66. The summed E-state index contributed by atoms with van der Waals surface area (Å²) in [7, 11) is 0. The second kappa shape index (κ2) is 7.20. The molecule has 0 radical (unpaired) electrons. The zero-order valence-electron chi connectivity index (χ0n) is 12.6. The number of fused-ring (bicyclic) bond motifs is 1. The minimum Gasteiger partial charge on any atom is -0.350 e. The van der Waals surface area contributed by atoms with E-state index in [-0.39, 0.29) is 17.9 Å². The van der Waals surface area contributed by atoms with Crippen molar-refractivity contribution in [2.24, 2.45) is 0 Å². The number of carbonyl (C=O) groups is 1. The first-order chi connectivity index (χ1) is 11.5. The molecule has 4 nitrogen and oxygen atoms in total. The van der Waals surface area contributed by atoms with Crippen LogP contribution in [-0.2, 0) is 17.9 Å². The van der Waals surface area contributed by atoms with Crippen LogP contribution in [0.4, 0.5) is 0 Å². The van der Waals surface area contributed by atoms with Crippen LogP contribution in [0.25, 0.3) is 10.9 Å². The van der Waals surface area contributed by atoms with Crippen LogP contribution < -0.4 is 10.7 Å². The van der Waals surface area contributed by atoms with Gasteiger partial charge < -0.3 is 9.88 Å². The number of rotatable bonds is 4. The number of nitrogens with zero attached hydrogens (tertiary/aromatic N) is 1. The van der Waals surface area contributed by atoms with Crippen molar-refractivity contribution in [1.82, 2.24) is 9.88 Å². The Morgan fingerprint density at radius 2 is 1.96 bits per heavy atom. The molecule has 0 unspecified atom stereocenters. The molecular weight excluding hydrogens is 392 g/mol. The first-order valence-corrected chi connectivity index (χ1v) is 8.50. The summed E-state index contributed by atoms with van der Waals surface area (Å²) in [6, 6.07) is 14.2. The van der Waals surface area contributed by atoms with Crippen LogP contribution in [-0.4, -0.2) is 10.5 Å². The molecule has 0 atom stereocenters. The predicted molar refractivity (Wildman–Crippen MR) is 99.2 cm³/mol. The number of pyridine rings is 1. The fraction of sp³-hybridized carbons (Fsp3) is 0.111. The maximum atomic E-state index is 12.2. The van der Waals surface area contributed by atoms with Gasteiger partial charge in [-0.3, -0.25) is 9.59 Å². The summed E-state index contributed by atoms with van der Waals surface area (Å²) >= 11 is 9.48. The summed E-state index contributed by atoms with van der Waals surface area (Å²) < 4.78 is 2.61. The van der Waals surface area contributed by atoms with Gasteiger partial charge in [0.2, 0.25) is 5.91 Å². The van der Waals surface area contributed by atoms with Gasteiger partial charge in [-0.25, -0.2) is 0 Å². The van der Waals surface area contributed by atoms with Gasteiger partial charge in [-0.05, 0) is 29.8 Å². The lowest BCUT2D eigenvalue weighted by Crippen LogP contribution is -2.27. The van der Waals surface area contributed by atoms with E-state index in [0.717, 1.165) is 10.0 Å². The van der Waals surface area contributed by atoms with E-state index < -0.39 is 0 Å². The van der Waals surface area contributed by atoms with E-state index in [1.165, 1.54) is 6.07 Å². The summed E-state index contributed by atoms with van der Waals surface area (Å²) in [5.41, 5.74) is 1.51. The zero-order chi connectivity index (χ0) is 17.1. The number of halogens is 2. The molecule has 24 heavy (non-hydrogen) atoms. The standard InChI is InChI=1S/C18H14BrClN2O2/c19-13-5-6-14-16(9-13)22(8-7-17(14)23)11-18(24)21-10-12-3-1-2-4-15(12)20/h1-9H,10-11H2,(H,21,24). The molecule has 0 bridgehead atoms. The van der Waals surface area contributed by atoms with E-state index in [1.807, 2.05) is 30.3 Å². The summed E-state index contributed by atoms with van der Waals surface area (Å²) in [4.78, 5) is 24.2. The first-order valence-electron chi connectivity index (χ1n) is 7.33. The molecule has 1 heterocycles. The summed E-state index contributed by atoms with van der Waals surface area (Å²) in [6.07, 6.45) is 1.63. The molecule has 0 spiro atoms. The second-order valence-electron chi connectivity index (χ2n) is 5.34. The van der Waals surface area contributed by atoms with Crippen LogP contribution in [0.2, 0.25) is 5.02 Å². The quantitative estimate of drug-likeness (QED) is 0.719. The molecule has 1 amide bonds. The summed E-state index contributed by atoms with van der Waals surface area (Å²) in [5.74, 6) is -0.153. The largest absolute Gasteiger partial charge is 0.350 e. The zero-order valence-corrected chi connectivity index (χ0v) is 15.0. The third kappa shape index (κ3) is 3.68. The molecule has 122 valence electrons.